The smallest absolute Gasteiger partial charge is 0.258 e. The van der Waals surface area contributed by atoms with Gasteiger partial charge in [0.2, 0.25) is 0 Å². The molecule has 0 aromatic heterocycles. The molecule has 2 atom stereocenters. The monoisotopic (exact) mass is 308 g/mol. The van der Waals surface area contributed by atoms with Crippen molar-refractivity contribution >= 4 is 5.91 Å². The third-order valence-corrected chi connectivity index (χ3v) is 3.89. The summed E-state index contributed by atoms with van der Waals surface area (Å²) in [6.07, 6.45) is -0.109. The van der Waals surface area contributed by atoms with Gasteiger partial charge in [0.05, 0.1) is 17.7 Å². The maximum Gasteiger partial charge on any atom is 0.258 e. The molecule has 5 heteroatoms. The highest BCUT2D eigenvalue weighted by molar-refractivity contribution is 5.78. The Bertz CT molecular complexity index is 767. The van der Waals surface area contributed by atoms with Gasteiger partial charge in [-0.3, -0.25) is 4.79 Å². The molecule has 0 aliphatic heterocycles. The Kier molecular flexibility index (Phi) is 4.26. The van der Waals surface area contributed by atoms with Crippen LogP contribution in [0.1, 0.15) is 22.7 Å². The number of aliphatic hydroxyl groups is 1. The molecule has 1 aliphatic carbocycles. The van der Waals surface area contributed by atoms with Crippen molar-refractivity contribution in [2.24, 2.45) is 0 Å². The fourth-order valence-corrected chi connectivity index (χ4v) is 2.79. The third kappa shape index (κ3) is 3.17. The van der Waals surface area contributed by atoms with Gasteiger partial charge in [-0.1, -0.05) is 36.4 Å². The summed E-state index contributed by atoms with van der Waals surface area (Å²) in [5, 5.41) is 21.9. The highest BCUT2D eigenvalue weighted by Gasteiger charge is 2.31. The zero-order valence-electron chi connectivity index (χ0n) is 12.4. The van der Waals surface area contributed by atoms with E-state index in [4.69, 9.17) is 10.00 Å². The number of aliphatic hydroxyl groups excluding tert-OH is 1. The van der Waals surface area contributed by atoms with Crippen molar-refractivity contribution in [3.05, 3.63) is 65.2 Å². The average Bonchev–Trinajstić information content (AvgIpc) is 2.89. The number of hydrogen-bond donors (Lipinski definition) is 2. The third-order valence-electron chi connectivity index (χ3n) is 3.89. The summed E-state index contributed by atoms with van der Waals surface area (Å²) in [7, 11) is 0. The number of fused-ring (bicyclic) bond motifs is 1. The Morgan fingerprint density at radius 1 is 1.26 bits per heavy atom. The van der Waals surface area contributed by atoms with Gasteiger partial charge in [0, 0.05) is 6.42 Å². The molecule has 3 rings (SSSR count). The fourth-order valence-electron chi connectivity index (χ4n) is 2.79. The van der Waals surface area contributed by atoms with Crippen molar-refractivity contribution in [2.75, 3.05) is 6.61 Å². The number of carbonyl (C=O) groups is 1. The van der Waals surface area contributed by atoms with Gasteiger partial charge in [-0.2, -0.15) is 5.26 Å². The van der Waals surface area contributed by atoms with E-state index in [1.54, 1.807) is 24.3 Å². The number of hydrogen-bond acceptors (Lipinski definition) is 4. The van der Waals surface area contributed by atoms with E-state index in [2.05, 4.69) is 5.32 Å². The number of nitrogens with zero attached hydrogens (tertiary/aromatic N) is 1. The molecule has 2 aromatic carbocycles. The van der Waals surface area contributed by atoms with E-state index in [1.165, 1.54) is 0 Å². The number of rotatable bonds is 4. The van der Waals surface area contributed by atoms with Gasteiger partial charge in [-0.25, -0.2) is 0 Å². The minimum Gasteiger partial charge on any atom is -0.482 e. The van der Waals surface area contributed by atoms with Crippen LogP contribution in [-0.4, -0.2) is 23.7 Å². The Hall–Kier alpha value is -2.84. The predicted octanol–water partition coefficient (Wildman–Crippen LogP) is 1.71. The lowest BCUT2D eigenvalue weighted by atomic mass is 10.1. The summed E-state index contributed by atoms with van der Waals surface area (Å²) < 4.78 is 5.41. The van der Waals surface area contributed by atoms with E-state index in [0.717, 1.165) is 11.1 Å². The number of benzene rings is 2. The van der Waals surface area contributed by atoms with Gasteiger partial charge < -0.3 is 15.2 Å². The van der Waals surface area contributed by atoms with Crippen LogP contribution in [0.5, 0.6) is 5.75 Å². The first-order chi connectivity index (χ1) is 11.2. The molecule has 0 radical (unpaired) electrons. The van der Waals surface area contributed by atoms with Crippen molar-refractivity contribution in [1.29, 1.82) is 5.26 Å². The van der Waals surface area contributed by atoms with Crippen LogP contribution in [0.25, 0.3) is 0 Å². The van der Waals surface area contributed by atoms with E-state index < -0.39 is 12.1 Å². The normalized spacial score (nSPS) is 18.8. The molecule has 0 saturated carbocycles. The molecule has 23 heavy (non-hydrogen) atoms. The zero-order chi connectivity index (χ0) is 16.2. The second-order valence-corrected chi connectivity index (χ2v) is 5.41. The number of amides is 1. The lowest BCUT2D eigenvalue weighted by Crippen LogP contribution is -2.36. The van der Waals surface area contributed by atoms with Crippen LogP contribution < -0.4 is 10.1 Å². The van der Waals surface area contributed by atoms with Crippen LogP contribution in [0, 0.1) is 11.3 Å². The van der Waals surface area contributed by atoms with Gasteiger partial charge in [0.1, 0.15) is 11.8 Å². The first-order valence-electron chi connectivity index (χ1n) is 7.36. The SMILES string of the molecule is N#Cc1ccccc1OCC(=O)NC1c2ccccc2CC1O. The number of para-hydroxylation sites is 1. The van der Waals surface area contributed by atoms with E-state index in [1.807, 2.05) is 30.3 Å². The van der Waals surface area contributed by atoms with Crippen molar-refractivity contribution < 1.29 is 14.6 Å². The molecule has 2 unspecified atom stereocenters. The molecule has 5 nitrogen and oxygen atoms in total. The molecule has 2 aromatic rings. The first kappa shape index (κ1) is 15.1. The number of nitrogens with one attached hydrogen (secondary N) is 1. The van der Waals surface area contributed by atoms with Gasteiger partial charge in [-0.15, -0.1) is 0 Å². The summed E-state index contributed by atoms with van der Waals surface area (Å²) in [5.74, 6) is 0.0380. The molecule has 1 aliphatic rings. The summed E-state index contributed by atoms with van der Waals surface area (Å²) >= 11 is 0. The molecule has 1 amide bonds. The Labute approximate surface area is 134 Å². The fraction of sp³-hybridized carbons (Fsp3) is 0.222. The topological polar surface area (TPSA) is 82.3 Å². The zero-order valence-corrected chi connectivity index (χ0v) is 12.4. The molecule has 0 bridgehead atoms. The summed E-state index contributed by atoms with van der Waals surface area (Å²) in [6.45, 7) is -0.204. The van der Waals surface area contributed by atoms with Crippen LogP contribution in [0.3, 0.4) is 0 Å². The molecular weight excluding hydrogens is 292 g/mol. The summed E-state index contributed by atoms with van der Waals surface area (Å²) in [4.78, 5) is 12.1. The van der Waals surface area contributed by atoms with Crippen LogP contribution in [-0.2, 0) is 11.2 Å². The molecule has 0 spiro atoms. The predicted molar refractivity (Wildman–Crippen MR) is 83.7 cm³/mol. The second-order valence-electron chi connectivity index (χ2n) is 5.41. The van der Waals surface area contributed by atoms with Gasteiger partial charge in [0.25, 0.3) is 5.91 Å². The Morgan fingerprint density at radius 3 is 2.83 bits per heavy atom. The van der Waals surface area contributed by atoms with Crippen LogP contribution in [0.2, 0.25) is 0 Å². The molecular formula is C18H16N2O3. The van der Waals surface area contributed by atoms with Crippen LogP contribution in [0.15, 0.2) is 48.5 Å². The molecule has 0 saturated heterocycles. The summed E-state index contributed by atoms with van der Waals surface area (Å²) in [5.41, 5.74) is 2.36. The Morgan fingerprint density at radius 2 is 2.00 bits per heavy atom. The van der Waals surface area contributed by atoms with Crippen molar-refractivity contribution in [1.82, 2.24) is 5.32 Å². The van der Waals surface area contributed by atoms with E-state index in [-0.39, 0.29) is 12.5 Å². The maximum atomic E-state index is 12.1. The largest absolute Gasteiger partial charge is 0.482 e. The second kappa shape index (κ2) is 6.51. The van der Waals surface area contributed by atoms with E-state index in [9.17, 15) is 9.90 Å². The number of nitriles is 1. The minimum atomic E-state index is -0.636. The van der Waals surface area contributed by atoms with Gasteiger partial charge in [0.15, 0.2) is 6.61 Å². The minimum absolute atomic E-state index is 0.204. The van der Waals surface area contributed by atoms with Crippen molar-refractivity contribution in [2.45, 2.75) is 18.6 Å². The van der Waals surface area contributed by atoms with E-state index >= 15 is 0 Å². The lowest BCUT2D eigenvalue weighted by molar-refractivity contribution is -0.124. The Balaban J connectivity index is 1.63. The quantitative estimate of drug-likeness (QED) is 0.901. The number of ether oxygens (including phenoxy) is 1. The standard InChI is InChI=1S/C18H16N2O3/c19-10-13-6-2-4-8-16(13)23-11-17(22)20-18-14-7-3-1-5-12(14)9-15(18)21/h1-8,15,18,21H,9,11H2,(H,20,22). The van der Waals surface area contributed by atoms with Crippen LogP contribution >= 0.6 is 0 Å². The van der Waals surface area contributed by atoms with Gasteiger partial charge >= 0.3 is 0 Å². The first-order valence-corrected chi connectivity index (χ1v) is 7.36. The number of carbonyl (C=O) groups excluding carboxylic acids is 1. The lowest BCUT2D eigenvalue weighted by Gasteiger charge is -2.18. The molecule has 2 N–H and O–H groups in total. The van der Waals surface area contributed by atoms with Gasteiger partial charge in [-0.05, 0) is 23.3 Å². The average molecular weight is 308 g/mol. The highest BCUT2D eigenvalue weighted by atomic mass is 16.5. The van der Waals surface area contributed by atoms with E-state index in [0.29, 0.717) is 17.7 Å². The van der Waals surface area contributed by atoms with Crippen molar-refractivity contribution in [3.8, 4) is 11.8 Å². The van der Waals surface area contributed by atoms with Crippen molar-refractivity contribution in [3.63, 3.8) is 0 Å². The maximum absolute atomic E-state index is 12.1. The highest BCUT2D eigenvalue weighted by Crippen LogP contribution is 2.31. The summed E-state index contributed by atoms with van der Waals surface area (Å²) in [6, 6.07) is 16.0. The van der Waals surface area contributed by atoms with Crippen LogP contribution in [0.4, 0.5) is 0 Å². The molecule has 116 valence electrons. The molecule has 0 fully saturated rings. The molecule has 0 heterocycles.